The first kappa shape index (κ1) is 18.4. The molecule has 0 saturated heterocycles. The molecule has 0 unspecified atom stereocenters. The highest BCUT2D eigenvalue weighted by Crippen LogP contribution is 2.46. The van der Waals surface area contributed by atoms with Crippen molar-refractivity contribution < 1.29 is 32.9 Å². The van der Waals surface area contributed by atoms with E-state index in [1.165, 1.54) is 50.4 Å². The molecule has 1 aromatic heterocycles. The predicted molar refractivity (Wildman–Crippen MR) is 90.2 cm³/mol. The van der Waals surface area contributed by atoms with Crippen LogP contribution in [0.15, 0.2) is 36.4 Å². The summed E-state index contributed by atoms with van der Waals surface area (Å²) in [5.41, 5.74) is -1.34. The van der Waals surface area contributed by atoms with Gasteiger partial charge in [0.1, 0.15) is 28.7 Å². The van der Waals surface area contributed by atoms with Crippen LogP contribution in [0.5, 0.6) is 28.7 Å². The Kier molecular flexibility index (Phi) is 4.61. The Hall–Kier alpha value is -3.36. The third-order valence-corrected chi connectivity index (χ3v) is 3.94. The summed E-state index contributed by atoms with van der Waals surface area (Å²) in [5, 5.41) is 25.5. The fraction of sp³-hybridized carbons (Fsp3) is 0.167. The summed E-state index contributed by atoms with van der Waals surface area (Å²) in [7, 11) is 1.46. The fourth-order valence-electron chi connectivity index (χ4n) is 2.45. The van der Waals surface area contributed by atoms with Crippen LogP contribution >= 0.6 is 0 Å². The van der Waals surface area contributed by atoms with E-state index >= 15 is 0 Å². The van der Waals surface area contributed by atoms with Gasteiger partial charge in [-0.2, -0.15) is 18.3 Å². The van der Waals surface area contributed by atoms with E-state index in [4.69, 9.17) is 9.47 Å². The van der Waals surface area contributed by atoms with Crippen LogP contribution < -0.4 is 9.47 Å². The monoisotopic (exact) mass is 380 g/mol. The number of nitrogens with one attached hydrogen (secondary N) is 1. The fourth-order valence-corrected chi connectivity index (χ4v) is 2.45. The molecule has 2 aromatic carbocycles. The SMILES string of the molecule is COc1ccc(Oc2c(-c3ccc(O)c(C)c3O)n[nH]c2C(F)(F)F)cc1. The van der Waals surface area contributed by atoms with Crippen LogP contribution in [-0.4, -0.2) is 27.5 Å². The molecule has 0 atom stereocenters. The normalized spacial score (nSPS) is 11.4. The Balaban J connectivity index is 2.13. The van der Waals surface area contributed by atoms with Crippen LogP contribution in [0.4, 0.5) is 13.2 Å². The zero-order valence-electron chi connectivity index (χ0n) is 14.3. The number of benzene rings is 2. The van der Waals surface area contributed by atoms with Crippen LogP contribution in [0.25, 0.3) is 11.3 Å². The summed E-state index contributed by atoms with van der Waals surface area (Å²) in [6.45, 7) is 1.43. The molecule has 0 aliphatic carbocycles. The van der Waals surface area contributed by atoms with Gasteiger partial charge in [-0.25, -0.2) is 0 Å². The van der Waals surface area contributed by atoms with Crippen molar-refractivity contribution in [3.63, 3.8) is 0 Å². The molecular weight excluding hydrogens is 365 g/mol. The number of alkyl halides is 3. The zero-order chi connectivity index (χ0) is 19.8. The number of hydrogen-bond acceptors (Lipinski definition) is 5. The lowest BCUT2D eigenvalue weighted by Crippen LogP contribution is -2.07. The van der Waals surface area contributed by atoms with Crippen LogP contribution in [0.1, 0.15) is 11.3 Å². The Labute approximate surface area is 151 Å². The number of rotatable bonds is 4. The third kappa shape index (κ3) is 3.48. The van der Waals surface area contributed by atoms with E-state index in [-0.39, 0.29) is 28.3 Å². The molecule has 1 heterocycles. The van der Waals surface area contributed by atoms with Gasteiger partial charge in [-0.15, -0.1) is 0 Å². The van der Waals surface area contributed by atoms with Gasteiger partial charge in [0, 0.05) is 11.1 Å². The number of nitrogens with zero attached hydrogens (tertiary/aromatic N) is 1. The molecule has 27 heavy (non-hydrogen) atoms. The highest BCUT2D eigenvalue weighted by molar-refractivity contribution is 5.76. The van der Waals surface area contributed by atoms with Gasteiger partial charge in [-0.3, -0.25) is 5.10 Å². The first-order chi connectivity index (χ1) is 12.7. The van der Waals surface area contributed by atoms with Crippen molar-refractivity contribution in [3.05, 3.63) is 47.7 Å². The van der Waals surface area contributed by atoms with Gasteiger partial charge in [0.05, 0.1) is 7.11 Å². The molecule has 0 saturated carbocycles. The van der Waals surface area contributed by atoms with Crippen molar-refractivity contribution in [2.45, 2.75) is 13.1 Å². The van der Waals surface area contributed by atoms with Gasteiger partial charge in [0.25, 0.3) is 0 Å². The first-order valence-electron chi connectivity index (χ1n) is 7.71. The first-order valence-corrected chi connectivity index (χ1v) is 7.71. The number of methoxy groups -OCH3 is 1. The zero-order valence-corrected chi connectivity index (χ0v) is 14.3. The second-order valence-corrected chi connectivity index (χ2v) is 5.66. The molecule has 142 valence electrons. The molecule has 0 fully saturated rings. The van der Waals surface area contributed by atoms with Gasteiger partial charge in [0.2, 0.25) is 0 Å². The average molecular weight is 380 g/mol. The summed E-state index contributed by atoms with van der Waals surface area (Å²) >= 11 is 0. The largest absolute Gasteiger partial charge is 0.508 e. The Morgan fingerprint density at radius 1 is 1.00 bits per heavy atom. The van der Waals surface area contributed by atoms with Gasteiger partial charge in [0.15, 0.2) is 11.4 Å². The molecule has 0 bridgehead atoms. The minimum atomic E-state index is -4.76. The lowest BCUT2D eigenvalue weighted by atomic mass is 10.0. The number of aromatic hydroxyl groups is 2. The van der Waals surface area contributed by atoms with E-state index < -0.39 is 23.4 Å². The summed E-state index contributed by atoms with van der Waals surface area (Å²) in [6.07, 6.45) is -4.76. The summed E-state index contributed by atoms with van der Waals surface area (Å²) < 4.78 is 50.6. The minimum absolute atomic E-state index is 0.0134. The smallest absolute Gasteiger partial charge is 0.436 e. The van der Waals surface area contributed by atoms with Crippen LogP contribution in [0, 0.1) is 6.92 Å². The number of H-pyrrole nitrogens is 1. The summed E-state index contributed by atoms with van der Waals surface area (Å²) in [5.74, 6) is -0.542. The van der Waals surface area contributed by atoms with Crippen LogP contribution in [0.3, 0.4) is 0 Å². The minimum Gasteiger partial charge on any atom is -0.508 e. The molecule has 0 spiro atoms. The maximum absolute atomic E-state index is 13.4. The van der Waals surface area contributed by atoms with Gasteiger partial charge < -0.3 is 19.7 Å². The van der Waals surface area contributed by atoms with Crippen molar-refractivity contribution in [2.24, 2.45) is 0 Å². The molecule has 0 amide bonds. The number of halogens is 3. The lowest BCUT2D eigenvalue weighted by Gasteiger charge is -2.12. The van der Waals surface area contributed by atoms with E-state index in [2.05, 4.69) is 5.10 Å². The topological polar surface area (TPSA) is 87.6 Å². The molecule has 0 aliphatic heterocycles. The molecule has 0 radical (unpaired) electrons. The molecule has 6 nitrogen and oxygen atoms in total. The maximum Gasteiger partial charge on any atom is 0.436 e. The van der Waals surface area contributed by atoms with Gasteiger partial charge in [-0.1, -0.05) is 0 Å². The lowest BCUT2D eigenvalue weighted by molar-refractivity contribution is -0.142. The number of phenolic OH excluding ortho intramolecular Hbond substituents is 2. The Bertz CT molecular complexity index is 966. The van der Waals surface area contributed by atoms with E-state index in [1.54, 1.807) is 0 Å². The van der Waals surface area contributed by atoms with Crippen molar-refractivity contribution >= 4 is 0 Å². The summed E-state index contributed by atoms with van der Waals surface area (Å²) in [4.78, 5) is 0. The number of aromatic amines is 1. The summed E-state index contributed by atoms with van der Waals surface area (Å²) in [6, 6.07) is 8.46. The van der Waals surface area contributed by atoms with Crippen molar-refractivity contribution in [2.75, 3.05) is 7.11 Å². The Morgan fingerprint density at radius 3 is 2.22 bits per heavy atom. The predicted octanol–water partition coefficient (Wildman–Crippen LogP) is 4.62. The second-order valence-electron chi connectivity index (χ2n) is 5.66. The highest BCUT2D eigenvalue weighted by Gasteiger charge is 2.39. The van der Waals surface area contributed by atoms with Crippen LogP contribution in [-0.2, 0) is 6.18 Å². The standard InChI is InChI=1S/C18H15F3N2O4/c1-9-13(24)8-7-12(15(9)25)14-16(17(23-22-14)18(19,20)21)27-11-5-3-10(26-2)4-6-11/h3-8,24-25H,1-2H3,(H,22,23). The van der Waals surface area contributed by atoms with Crippen LogP contribution in [0.2, 0.25) is 0 Å². The molecule has 0 aliphatic rings. The van der Waals surface area contributed by atoms with Gasteiger partial charge >= 0.3 is 6.18 Å². The van der Waals surface area contributed by atoms with Gasteiger partial charge in [-0.05, 0) is 43.3 Å². The van der Waals surface area contributed by atoms with Crippen molar-refractivity contribution in [3.8, 4) is 40.0 Å². The van der Waals surface area contributed by atoms with Crippen molar-refractivity contribution in [1.82, 2.24) is 10.2 Å². The van der Waals surface area contributed by atoms with E-state index in [0.717, 1.165) is 0 Å². The maximum atomic E-state index is 13.4. The quantitative estimate of drug-likeness (QED) is 0.615. The molecule has 9 heteroatoms. The molecule has 3 rings (SSSR count). The number of phenols is 2. The number of hydrogen-bond donors (Lipinski definition) is 3. The molecular formula is C18H15F3N2O4. The highest BCUT2D eigenvalue weighted by atomic mass is 19.4. The third-order valence-electron chi connectivity index (χ3n) is 3.94. The van der Waals surface area contributed by atoms with E-state index in [0.29, 0.717) is 5.75 Å². The number of aromatic nitrogens is 2. The molecule has 3 aromatic rings. The molecule has 3 N–H and O–H groups in total. The second kappa shape index (κ2) is 6.75. The number of ether oxygens (including phenoxy) is 2. The Morgan fingerprint density at radius 2 is 1.63 bits per heavy atom. The van der Waals surface area contributed by atoms with E-state index in [1.807, 2.05) is 5.10 Å². The van der Waals surface area contributed by atoms with Crippen molar-refractivity contribution in [1.29, 1.82) is 0 Å². The van der Waals surface area contributed by atoms with E-state index in [9.17, 15) is 23.4 Å². The average Bonchev–Trinajstić information content (AvgIpc) is 3.04.